The number of rotatable bonds is 4. The first-order valence-corrected chi connectivity index (χ1v) is 7.22. The predicted octanol–water partition coefficient (Wildman–Crippen LogP) is 3.18. The number of nitrogens with two attached hydrogens (primary N) is 1. The van der Waals surface area contributed by atoms with Gasteiger partial charge in [0.25, 0.3) is 0 Å². The van der Waals surface area contributed by atoms with Crippen LogP contribution in [0.15, 0.2) is 24.3 Å². The molecule has 18 heavy (non-hydrogen) atoms. The van der Waals surface area contributed by atoms with Crippen LogP contribution in [0, 0.1) is 11.8 Å². The summed E-state index contributed by atoms with van der Waals surface area (Å²) in [4.78, 5) is 2.61. The van der Waals surface area contributed by atoms with Crippen molar-refractivity contribution < 1.29 is 0 Å². The van der Waals surface area contributed by atoms with Crippen LogP contribution in [-0.2, 0) is 6.42 Å². The second-order valence-corrected chi connectivity index (χ2v) is 5.91. The molecule has 1 fully saturated rings. The van der Waals surface area contributed by atoms with Crippen molar-refractivity contribution in [1.29, 1.82) is 0 Å². The Morgan fingerprint density at radius 1 is 1.17 bits per heavy atom. The normalized spacial score (nSPS) is 18.4. The van der Waals surface area contributed by atoms with Gasteiger partial charge in [0.1, 0.15) is 0 Å². The Morgan fingerprint density at radius 3 is 2.33 bits per heavy atom. The van der Waals surface area contributed by atoms with Gasteiger partial charge in [-0.1, -0.05) is 26.0 Å². The standard InChI is InChI=1S/C16H26N2/c1-13(2)15-8-11-18(12-9-15)10-7-14-3-5-16(17)6-4-14/h3-6,13,15H,7-12,17H2,1-2H3. The topological polar surface area (TPSA) is 29.3 Å². The highest BCUT2D eigenvalue weighted by Gasteiger charge is 2.20. The minimum Gasteiger partial charge on any atom is -0.399 e. The Balaban J connectivity index is 1.74. The van der Waals surface area contributed by atoms with Gasteiger partial charge in [-0.2, -0.15) is 0 Å². The monoisotopic (exact) mass is 246 g/mol. The Kier molecular flexibility index (Phi) is 4.65. The first-order chi connectivity index (χ1) is 8.65. The van der Waals surface area contributed by atoms with Gasteiger partial charge in [-0.05, 0) is 61.9 Å². The molecule has 0 atom stereocenters. The molecule has 1 aliphatic heterocycles. The van der Waals surface area contributed by atoms with Crippen molar-refractivity contribution in [3.63, 3.8) is 0 Å². The maximum absolute atomic E-state index is 5.70. The molecule has 0 unspecified atom stereocenters. The molecule has 0 aliphatic carbocycles. The third-order valence-corrected chi connectivity index (χ3v) is 4.27. The number of hydrogen-bond acceptors (Lipinski definition) is 2. The summed E-state index contributed by atoms with van der Waals surface area (Å²) in [7, 11) is 0. The fourth-order valence-electron chi connectivity index (χ4n) is 2.81. The average molecular weight is 246 g/mol. The average Bonchev–Trinajstić information content (AvgIpc) is 2.38. The molecule has 2 nitrogen and oxygen atoms in total. The molecule has 1 saturated heterocycles. The van der Waals surface area contributed by atoms with Gasteiger partial charge in [0.15, 0.2) is 0 Å². The zero-order valence-electron chi connectivity index (χ0n) is 11.7. The molecular formula is C16H26N2. The molecule has 0 amide bonds. The lowest BCUT2D eigenvalue weighted by atomic mass is 9.86. The van der Waals surface area contributed by atoms with Crippen LogP contribution >= 0.6 is 0 Å². The smallest absolute Gasteiger partial charge is 0.0314 e. The van der Waals surface area contributed by atoms with E-state index in [9.17, 15) is 0 Å². The summed E-state index contributed by atoms with van der Waals surface area (Å²) < 4.78 is 0. The quantitative estimate of drug-likeness (QED) is 0.827. The van der Waals surface area contributed by atoms with Crippen LogP contribution in [-0.4, -0.2) is 24.5 Å². The molecule has 2 rings (SSSR count). The maximum atomic E-state index is 5.70. The molecule has 1 aromatic carbocycles. The van der Waals surface area contributed by atoms with Gasteiger partial charge >= 0.3 is 0 Å². The molecule has 2 N–H and O–H groups in total. The molecule has 0 aromatic heterocycles. The van der Waals surface area contributed by atoms with Crippen molar-refractivity contribution in [2.45, 2.75) is 33.1 Å². The Labute approximate surface area is 111 Å². The SMILES string of the molecule is CC(C)C1CCN(CCc2ccc(N)cc2)CC1. The molecule has 0 saturated carbocycles. The lowest BCUT2D eigenvalue weighted by Gasteiger charge is -2.33. The first-order valence-electron chi connectivity index (χ1n) is 7.22. The molecule has 1 heterocycles. The number of hydrogen-bond donors (Lipinski definition) is 1. The number of nitrogens with zero attached hydrogens (tertiary/aromatic N) is 1. The molecule has 100 valence electrons. The Morgan fingerprint density at radius 2 is 1.78 bits per heavy atom. The van der Waals surface area contributed by atoms with E-state index in [4.69, 9.17) is 5.73 Å². The van der Waals surface area contributed by atoms with Crippen molar-refractivity contribution in [2.75, 3.05) is 25.4 Å². The second kappa shape index (κ2) is 6.24. The van der Waals surface area contributed by atoms with E-state index < -0.39 is 0 Å². The Hall–Kier alpha value is -1.02. The van der Waals surface area contributed by atoms with Crippen molar-refractivity contribution in [3.05, 3.63) is 29.8 Å². The summed E-state index contributed by atoms with van der Waals surface area (Å²) >= 11 is 0. The van der Waals surface area contributed by atoms with Gasteiger partial charge in [-0.15, -0.1) is 0 Å². The van der Waals surface area contributed by atoms with Gasteiger partial charge in [-0.3, -0.25) is 0 Å². The summed E-state index contributed by atoms with van der Waals surface area (Å²) in [6.07, 6.45) is 3.89. The minimum absolute atomic E-state index is 0.851. The molecular weight excluding hydrogens is 220 g/mol. The first kappa shape index (κ1) is 13.4. The Bertz CT molecular complexity index is 348. The molecule has 0 bridgehead atoms. The van der Waals surface area contributed by atoms with Crippen molar-refractivity contribution in [1.82, 2.24) is 4.90 Å². The van der Waals surface area contributed by atoms with E-state index in [1.165, 1.54) is 38.0 Å². The largest absolute Gasteiger partial charge is 0.399 e. The number of nitrogen functional groups attached to an aromatic ring is 1. The molecule has 1 aliphatic rings. The number of benzene rings is 1. The molecule has 0 spiro atoms. The van der Waals surface area contributed by atoms with Gasteiger partial charge in [0, 0.05) is 12.2 Å². The van der Waals surface area contributed by atoms with Gasteiger partial charge in [-0.25, -0.2) is 0 Å². The van der Waals surface area contributed by atoms with Gasteiger partial charge in [0.05, 0.1) is 0 Å². The van der Waals surface area contributed by atoms with Crippen molar-refractivity contribution in [3.8, 4) is 0 Å². The fraction of sp³-hybridized carbons (Fsp3) is 0.625. The van der Waals surface area contributed by atoms with Crippen LogP contribution in [0.2, 0.25) is 0 Å². The zero-order chi connectivity index (χ0) is 13.0. The zero-order valence-corrected chi connectivity index (χ0v) is 11.7. The highest BCUT2D eigenvalue weighted by Crippen LogP contribution is 2.24. The lowest BCUT2D eigenvalue weighted by molar-refractivity contribution is 0.159. The molecule has 0 radical (unpaired) electrons. The van der Waals surface area contributed by atoms with E-state index in [1.54, 1.807) is 0 Å². The third kappa shape index (κ3) is 3.74. The van der Waals surface area contributed by atoms with Crippen LogP contribution in [0.1, 0.15) is 32.3 Å². The van der Waals surface area contributed by atoms with Crippen LogP contribution in [0.4, 0.5) is 5.69 Å². The maximum Gasteiger partial charge on any atom is 0.0314 e. The van der Waals surface area contributed by atoms with Crippen LogP contribution in [0.3, 0.4) is 0 Å². The van der Waals surface area contributed by atoms with Crippen LogP contribution < -0.4 is 5.73 Å². The van der Waals surface area contributed by atoms with E-state index in [0.717, 1.165) is 23.9 Å². The third-order valence-electron chi connectivity index (χ3n) is 4.27. The number of anilines is 1. The summed E-state index contributed by atoms with van der Waals surface area (Å²) in [5.74, 6) is 1.79. The van der Waals surface area contributed by atoms with E-state index in [-0.39, 0.29) is 0 Å². The van der Waals surface area contributed by atoms with Crippen molar-refractivity contribution >= 4 is 5.69 Å². The van der Waals surface area contributed by atoms with E-state index in [2.05, 4.69) is 30.9 Å². The summed E-state index contributed by atoms with van der Waals surface area (Å²) in [6, 6.07) is 8.30. The predicted molar refractivity (Wildman–Crippen MR) is 78.6 cm³/mol. The van der Waals surface area contributed by atoms with Crippen molar-refractivity contribution in [2.24, 2.45) is 11.8 Å². The van der Waals surface area contributed by atoms with E-state index >= 15 is 0 Å². The van der Waals surface area contributed by atoms with Gasteiger partial charge < -0.3 is 10.6 Å². The van der Waals surface area contributed by atoms with Crippen LogP contribution in [0.5, 0.6) is 0 Å². The highest BCUT2D eigenvalue weighted by molar-refractivity contribution is 5.39. The molecule has 2 heteroatoms. The summed E-state index contributed by atoms with van der Waals surface area (Å²) in [5, 5.41) is 0. The van der Waals surface area contributed by atoms with Crippen LogP contribution in [0.25, 0.3) is 0 Å². The lowest BCUT2D eigenvalue weighted by Crippen LogP contribution is -2.36. The van der Waals surface area contributed by atoms with E-state index in [0.29, 0.717) is 0 Å². The number of piperidine rings is 1. The molecule has 1 aromatic rings. The number of likely N-dealkylation sites (tertiary alicyclic amines) is 1. The minimum atomic E-state index is 0.851. The highest BCUT2D eigenvalue weighted by atomic mass is 15.1. The fourth-order valence-corrected chi connectivity index (χ4v) is 2.81. The summed E-state index contributed by atoms with van der Waals surface area (Å²) in [6.45, 7) is 8.45. The van der Waals surface area contributed by atoms with Gasteiger partial charge in [0.2, 0.25) is 0 Å². The second-order valence-electron chi connectivity index (χ2n) is 5.91. The summed E-state index contributed by atoms with van der Waals surface area (Å²) in [5.41, 5.74) is 7.95. The van der Waals surface area contributed by atoms with E-state index in [1.807, 2.05) is 12.1 Å².